The van der Waals surface area contributed by atoms with Crippen molar-refractivity contribution < 1.29 is 14.7 Å². The Kier molecular flexibility index (Phi) is 5.03. The highest BCUT2D eigenvalue weighted by molar-refractivity contribution is 6.30. The lowest BCUT2D eigenvalue weighted by atomic mass is 10.2. The van der Waals surface area contributed by atoms with Gasteiger partial charge in [0.15, 0.2) is 0 Å². The van der Waals surface area contributed by atoms with Crippen molar-refractivity contribution in [2.24, 2.45) is 0 Å². The molecule has 1 aromatic rings. The predicted molar refractivity (Wildman–Crippen MR) is 80.7 cm³/mol. The van der Waals surface area contributed by atoms with Gasteiger partial charge in [0.05, 0.1) is 0 Å². The molecule has 0 saturated carbocycles. The van der Waals surface area contributed by atoms with Crippen LogP contribution in [-0.4, -0.2) is 59.1 Å². The number of carbonyl (C=O) groups is 2. The van der Waals surface area contributed by atoms with Gasteiger partial charge in [-0.25, -0.2) is 4.79 Å². The molecule has 1 unspecified atom stereocenters. The third-order valence-electron chi connectivity index (χ3n) is 3.58. The molecule has 1 fully saturated rings. The van der Waals surface area contributed by atoms with Crippen molar-refractivity contribution in [2.45, 2.75) is 13.0 Å². The highest BCUT2D eigenvalue weighted by Gasteiger charge is 2.27. The Morgan fingerprint density at radius 1 is 1.29 bits per heavy atom. The van der Waals surface area contributed by atoms with E-state index in [1.807, 2.05) is 4.90 Å². The molecular weight excluding hydrogens is 294 g/mol. The molecule has 7 heteroatoms. The number of amides is 2. The van der Waals surface area contributed by atoms with E-state index in [4.69, 9.17) is 16.7 Å². The maximum Gasteiger partial charge on any atom is 0.321 e. The molecular formula is C14H18ClN3O3. The van der Waals surface area contributed by atoms with Gasteiger partial charge in [0.25, 0.3) is 0 Å². The Balaban J connectivity index is 1.87. The number of anilines is 1. The molecule has 2 rings (SSSR count). The maximum absolute atomic E-state index is 12.1. The lowest BCUT2D eigenvalue weighted by Crippen LogP contribution is -2.53. The number of carboxylic acids is 1. The summed E-state index contributed by atoms with van der Waals surface area (Å²) in [5.74, 6) is -0.841. The van der Waals surface area contributed by atoms with Crippen LogP contribution in [0.2, 0.25) is 5.02 Å². The van der Waals surface area contributed by atoms with Crippen LogP contribution < -0.4 is 5.32 Å². The van der Waals surface area contributed by atoms with E-state index < -0.39 is 12.0 Å². The Morgan fingerprint density at radius 2 is 1.95 bits per heavy atom. The summed E-state index contributed by atoms with van der Waals surface area (Å²) in [6.45, 7) is 3.77. The van der Waals surface area contributed by atoms with Crippen LogP contribution in [0.15, 0.2) is 24.3 Å². The molecule has 0 aromatic heterocycles. The second-order valence-electron chi connectivity index (χ2n) is 4.98. The van der Waals surface area contributed by atoms with E-state index >= 15 is 0 Å². The second-order valence-corrected chi connectivity index (χ2v) is 5.41. The van der Waals surface area contributed by atoms with Crippen molar-refractivity contribution in [2.75, 3.05) is 31.5 Å². The normalized spacial score (nSPS) is 17.3. The van der Waals surface area contributed by atoms with Crippen LogP contribution in [0, 0.1) is 0 Å². The number of aliphatic carboxylic acids is 1. The quantitative estimate of drug-likeness (QED) is 0.895. The van der Waals surface area contributed by atoms with Crippen LogP contribution in [0.5, 0.6) is 0 Å². The number of hydrogen-bond acceptors (Lipinski definition) is 3. The average molecular weight is 312 g/mol. The molecule has 2 amide bonds. The van der Waals surface area contributed by atoms with Gasteiger partial charge in [0, 0.05) is 36.9 Å². The van der Waals surface area contributed by atoms with Gasteiger partial charge in [-0.1, -0.05) is 17.7 Å². The molecule has 0 bridgehead atoms. The first-order valence-electron chi connectivity index (χ1n) is 6.75. The predicted octanol–water partition coefficient (Wildman–Crippen LogP) is 1.96. The van der Waals surface area contributed by atoms with Gasteiger partial charge in [-0.15, -0.1) is 0 Å². The summed E-state index contributed by atoms with van der Waals surface area (Å²) in [6.07, 6.45) is 0. The first-order chi connectivity index (χ1) is 9.97. The van der Waals surface area contributed by atoms with E-state index in [1.165, 1.54) is 0 Å². The van der Waals surface area contributed by atoms with Crippen LogP contribution in [0.1, 0.15) is 6.92 Å². The number of rotatable bonds is 3. The van der Waals surface area contributed by atoms with E-state index in [2.05, 4.69) is 5.32 Å². The molecule has 1 saturated heterocycles. The van der Waals surface area contributed by atoms with E-state index in [0.29, 0.717) is 36.9 Å². The van der Waals surface area contributed by atoms with E-state index in [0.717, 1.165) is 0 Å². The van der Waals surface area contributed by atoms with Crippen molar-refractivity contribution in [3.63, 3.8) is 0 Å². The fraction of sp³-hybridized carbons (Fsp3) is 0.429. The average Bonchev–Trinajstić information content (AvgIpc) is 2.46. The van der Waals surface area contributed by atoms with Crippen molar-refractivity contribution >= 4 is 29.3 Å². The second kappa shape index (κ2) is 6.78. The summed E-state index contributed by atoms with van der Waals surface area (Å²) in [5, 5.41) is 12.3. The number of nitrogens with one attached hydrogen (secondary N) is 1. The van der Waals surface area contributed by atoms with Crippen molar-refractivity contribution in [1.82, 2.24) is 9.80 Å². The zero-order chi connectivity index (χ0) is 15.4. The molecule has 6 nitrogen and oxygen atoms in total. The van der Waals surface area contributed by atoms with Crippen LogP contribution in [0.3, 0.4) is 0 Å². The molecule has 21 heavy (non-hydrogen) atoms. The van der Waals surface area contributed by atoms with Gasteiger partial charge in [0.2, 0.25) is 0 Å². The smallest absolute Gasteiger partial charge is 0.321 e. The first-order valence-corrected chi connectivity index (χ1v) is 7.13. The SMILES string of the molecule is CC(C(=O)O)N1CCN(C(=O)Nc2cccc(Cl)c2)CC1. The third kappa shape index (κ3) is 4.09. The molecule has 1 atom stereocenters. The molecule has 1 aliphatic heterocycles. The molecule has 0 aliphatic carbocycles. The fourth-order valence-corrected chi connectivity index (χ4v) is 2.43. The number of urea groups is 1. The van der Waals surface area contributed by atoms with Gasteiger partial charge in [0.1, 0.15) is 6.04 Å². The largest absolute Gasteiger partial charge is 0.480 e. The van der Waals surface area contributed by atoms with Crippen molar-refractivity contribution in [3.05, 3.63) is 29.3 Å². The molecule has 0 spiro atoms. The van der Waals surface area contributed by atoms with Crippen LogP contribution in [-0.2, 0) is 4.79 Å². The minimum atomic E-state index is -0.841. The molecule has 114 valence electrons. The minimum absolute atomic E-state index is 0.195. The van der Waals surface area contributed by atoms with Crippen LogP contribution in [0.25, 0.3) is 0 Å². The Hall–Kier alpha value is -1.79. The lowest BCUT2D eigenvalue weighted by Gasteiger charge is -2.36. The van der Waals surface area contributed by atoms with Gasteiger partial charge in [-0.3, -0.25) is 9.69 Å². The van der Waals surface area contributed by atoms with Gasteiger partial charge in [-0.2, -0.15) is 0 Å². The number of nitrogens with zero attached hydrogens (tertiary/aromatic N) is 2. The van der Waals surface area contributed by atoms with Crippen molar-refractivity contribution in [1.29, 1.82) is 0 Å². The highest BCUT2D eigenvalue weighted by atomic mass is 35.5. The molecule has 2 N–H and O–H groups in total. The van der Waals surface area contributed by atoms with Gasteiger partial charge >= 0.3 is 12.0 Å². The standard InChI is InChI=1S/C14H18ClN3O3/c1-10(13(19)20)17-5-7-18(8-6-17)14(21)16-12-4-2-3-11(15)9-12/h2-4,9-10H,5-8H2,1H3,(H,16,21)(H,19,20). The number of hydrogen-bond donors (Lipinski definition) is 2. The Labute approximate surface area is 128 Å². The molecule has 1 aliphatic rings. The monoisotopic (exact) mass is 311 g/mol. The number of benzene rings is 1. The van der Waals surface area contributed by atoms with Gasteiger partial charge in [-0.05, 0) is 25.1 Å². The first kappa shape index (κ1) is 15.6. The molecule has 1 heterocycles. The zero-order valence-corrected chi connectivity index (χ0v) is 12.5. The summed E-state index contributed by atoms with van der Waals surface area (Å²) in [5.41, 5.74) is 0.647. The topological polar surface area (TPSA) is 72.9 Å². The van der Waals surface area contributed by atoms with Crippen molar-refractivity contribution in [3.8, 4) is 0 Å². The maximum atomic E-state index is 12.1. The minimum Gasteiger partial charge on any atom is -0.480 e. The molecule has 1 aromatic carbocycles. The summed E-state index contributed by atoms with van der Waals surface area (Å²) in [7, 11) is 0. The summed E-state index contributed by atoms with van der Waals surface area (Å²) >= 11 is 5.87. The Bertz CT molecular complexity index is 530. The number of halogens is 1. The number of piperazine rings is 1. The summed E-state index contributed by atoms with van der Waals surface area (Å²) in [4.78, 5) is 26.6. The van der Waals surface area contributed by atoms with E-state index in [-0.39, 0.29) is 6.03 Å². The summed E-state index contributed by atoms with van der Waals surface area (Å²) < 4.78 is 0. The third-order valence-corrected chi connectivity index (χ3v) is 3.82. The van der Waals surface area contributed by atoms with Crippen LogP contribution in [0.4, 0.5) is 10.5 Å². The summed E-state index contributed by atoms with van der Waals surface area (Å²) in [6, 6.07) is 6.24. The van der Waals surface area contributed by atoms with Gasteiger partial charge < -0.3 is 15.3 Å². The van der Waals surface area contributed by atoms with Crippen LogP contribution >= 0.6 is 11.6 Å². The van der Waals surface area contributed by atoms with E-state index in [1.54, 1.807) is 36.1 Å². The molecule has 0 radical (unpaired) electrons. The highest BCUT2D eigenvalue weighted by Crippen LogP contribution is 2.16. The van der Waals surface area contributed by atoms with E-state index in [9.17, 15) is 9.59 Å². The Morgan fingerprint density at radius 3 is 2.52 bits per heavy atom. The lowest BCUT2D eigenvalue weighted by molar-refractivity contribution is -0.143. The number of carboxylic acid groups (broad SMARTS) is 1. The zero-order valence-electron chi connectivity index (χ0n) is 11.8. The number of carbonyl (C=O) groups excluding carboxylic acids is 1. The fourth-order valence-electron chi connectivity index (χ4n) is 2.24.